The second kappa shape index (κ2) is 8.43. The van der Waals surface area contributed by atoms with Crippen molar-refractivity contribution in [1.82, 2.24) is 9.71 Å². The van der Waals surface area contributed by atoms with Crippen LogP contribution >= 0.6 is 0 Å². The molecule has 2 aromatic carbocycles. The molecule has 3 rings (SSSR count). The lowest BCUT2D eigenvalue weighted by Gasteiger charge is -2.08. The first-order chi connectivity index (χ1) is 13.5. The third kappa shape index (κ3) is 4.79. The molecular formula is C20H16N4O3S. The first kappa shape index (κ1) is 19.2. The zero-order chi connectivity index (χ0) is 20.0. The van der Waals surface area contributed by atoms with E-state index in [0.717, 1.165) is 5.56 Å². The summed E-state index contributed by atoms with van der Waals surface area (Å²) >= 11 is 0. The van der Waals surface area contributed by atoms with Gasteiger partial charge in [-0.1, -0.05) is 0 Å². The molecule has 0 aliphatic carbocycles. The van der Waals surface area contributed by atoms with Gasteiger partial charge in [0.2, 0.25) is 10.0 Å². The van der Waals surface area contributed by atoms with Gasteiger partial charge in [-0.2, -0.15) is 5.26 Å². The fraction of sp³-hybridized carbons (Fsp3) is 0.0500. The van der Waals surface area contributed by atoms with Gasteiger partial charge in [0.25, 0.3) is 5.91 Å². The highest BCUT2D eigenvalue weighted by Gasteiger charge is 2.15. The minimum atomic E-state index is -3.70. The first-order valence-corrected chi connectivity index (χ1v) is 9.76. The van der Waals surface area contributed by atoms with E-state index in [1.165, 1.54) is 24.3 Å². The molecule has 0 radical (unpaired) electrons. The van der Waals surface area contributed by atoms with E-state index in [1.807, 2.05) is 6.07 Å². The van der Waals surface area contributed by atoms with E-state index in [1.54, 1.807) is 48.8 Å². The summed E-state index contributed by atoms with van der Waals surface area (Å²) in [4.78, 5) is 16.2. The monoisotopic (exact) mass is 392 g/mol. The number of aromatic nitrogens is 1. The normalized spacial score (nSPS) is 10.8. The number of carbonyl (C=O) groups excluding carboxylic acids is 1. The number of rotatable bonds is 6. The summed E-state index contributed by atoms with van der Waals surface area (Å²) in [6.45, 7) is 0.145. The largest absolute Gasteiger partial charge is 0.322 e. The molecule has 8 heteroatoms. The molecular weight excluding hydrogens is 376 g/mol. The Kier molecular flexibility index (Phi) is 5.79. The summed E-state index contributed by atoms with van der Waals surface area (Å²) in [5.41, 5.74) is 2.14. The van der Waals surface area contributed by atoms with Gasteiger partial charge in [-0.3, -0.25) is 9.78 Å². The molecule has 1 heterocycles. The molecule has 0 bridgehead atoms. The number of nitrogens with zero attached hydrogens (tertiary/aromatic N) is 2. The van der Waals surface area contributed by atoms with Crippen LogP contribution in [0.4, 0.5) is 5.69 Å². The van der Waals surface area contributed by atoms with Crippen LogP contribution in [-0.2, 0) is 16.6 Å². The van der Waals surface area contributed by atoms with Crippen molar-refractivity contribution in [2.75, 3.05) is 5.32 Å². The number of amides is 1. The van der Waals surface area contributed by atoms with Crippen molar-refractivity contribution in [3.05, 3.63) is 89.7 Å². The van der Waals surface area contributed by atoms with Gasteiger partial charge in [0.1, 0.15) is 0 Å². The van der Waals surface area contributed by atoms with Gasteiger partial charge >= 0.3 is 0 Å². The molecule has 0 unspecified atom stereocenters. The number of benzene rings is 2. The van der Waals surface area contributed by atoms with Gasteiger partial charge in [0.05, 0.1) is 16.5 Å². The Balaban J connectivity index is 1.66. The zero-order valence-electron chi connectivity index (χ0n) is 14.7. The number of carbonyl (C=O) groups is 1. The number of sulfonamides is 1. The fourth-order valence-corrected chi connectivity index (χ4v) is 3.40. The molecule has 0 fully saturated rings. The highest BCUT2D eigenvalue weighted by atomic mass is 32.2. The number of nitriles is 1. The van der Waals surface area contributed by atoms with Crippen molar-refractivity contribution >= 4 is 21.6 Å². The quantitative estimate of drug-likeness (QED) is 0.670. The molecule has 0 atom stereocenters. The molecule has 3 aromatic rings. The third-order valence-electron chi connectivity index (χ3n) is 3.91. The molecule has 28 heavy (non-hydrogen) atoms. The lowest BCUT2D eigenvalue weighted by Crippen LogP contribution is -2.23. The van der Waals surface area contributed by atoms with Crippen molar-refractivity contribution in [3.8, 4) is 6.07 Å². The van der Waals surface area contributed by atoms with E-state index in [4.69, 9.17) is 5.26 Å². The van der Waals surface area contributed by atoms with Crippen molar-refractivity contribution in [2.45, 2.75) is 11.4 Å². The van der Waals surface area contributed by atoms with Crippen LogP contribution in [0.25, 0.3) is 0 Å². The van der Waals surface area contributed by atoms with Crippen LogP contribution in [0.5, 0.6) is 0 Å². The number of anilines is 1. The minimum Gasteiger partial charge on any atom is -0.322 e. The van der Waals surface area contributed by atoms with Crippen LogP contribution in [0, 0.1) is 11.3 Å². The molecule has 0 spiro atoms. The van der Waals surface area contributed by atoms with Crippen LogP contribution in [0.1, 0.15) is 21.5 Å². The molecule has 0 saturated heterocycles. The predicted molar refractivity (Wildman–Crippen MR) is 104 cm³/mol. The first-order valence-electron chi connectivity index (χ1n) is 8.28. The SMILES string of the molecule is N#Cc1ccc(NC(=O)c2ccc(S(=O)(=O)NCc3ccncc3)cc2)cc1. The predicted octanol–water partition coefficient (Wildman–Crippen LogP) is 2.68. The Hall–Kier alpha value is -3.54. The zero-order valence-corrected chi connectivity index (χ0v) is 15.5. The molecule has 0 saturated carbocycles. The maximum absolute atomic E-state index is 12.4. The minimum absolute atomic E-state index is 0.0662. The third-order valence-corrected chi connectivity index (χ3v) is 5.33. The van der Waals surface area contributed by atoms with Crippen LogP contribution in [0.15, 0.2) is 78.0 Å². The van der Waals surface area contributed by atoms with Crippen molar-refractivity contribution in [1.29, 1.82) is 5.26 Å². The van der Waals surface area contributed by atoms with Gasteiger partial charge in [0.15, 0.2) is 0 Å². The second-order valence-electron chi connectivity index (χ2n) is 5.85. The number of hydrogen-bond acceptors (Lipinski definition) is 5. The van der Waals surface area contributed by atoms with E-state index >= 15 is 0 Å². The Morgan fingerprint density at radius 2 is 1.61 bits per heavy atom. The number of hydrogen-bond donors (Lipinski definition) is 2. The van der Waals surface area contributed by atoms with Gasteiger partial charge in [0, 0.05) is 30.2 Å². The molecule has 0 aliphatic rings. The molecule has 140 valence electrons. The van der Waals surface area contributed by atoms with Crippen LogP contribution in [0.3, 0.4) is 0 Å². The van der Waals surface area contributed by atoms with Gasteiger partial charge in [-0.05, 0) is 66.2 Å². The van der Waals surface area contributed by atoms with E-state index in [-0.39, 0.29) is 17.3 Å². The van der Waals surface area contributed by atoms with Crippen molar-refractivity contribution in [3.63, 3.8) is 0 Å². The smallest absolute Gasteiger partial charge is 0.255 e. The summed E-state index contributed by atoms with van der Waals surface area (Å²) < 4.78 is 27.3. The van der Waals surface area contributed by atoms with Gasteiger partial charge < -0.3 is 5.32 Å². The van der Waals surface area contributed by atoms with Gasteiger partial charge in [-0.15, -0.1) is 0 Å². The lowest BCUT2D eigenvalue weighted by atomic mass is 10.2. The molecule has 1 amide bonds. The maximum Gasteiger partial charge on any atom is 0.255 e. The van der Waals surface area contributed by atoms with E-state index in [0.29, 0.717) is 16.8 Å². The van der Waals surface area contributed by atoms with Crippen LogP contribution in [-0.4, -0.2) is 19.3 Å². The molecule has 7 nitrogen and oxygen atoms in total. The van der Waals surface area contributed by atoms with Crippen LogP contribution in [0.2, 0.25) is 0 Å². The second-order valence-corrected chi connectivity index (χ2v) is 7.61. The lowest BCUT2D eigenvalue weighted by molar-refractivity contribution is 0.102. The summed E-state index contributed by atoms with van der Waals surface area (Å²) in [5.74, 6) is -0.376. The number of pyridine rings is 1. The highest BCUT2D eigenvalue weighted by molar-refractivity contribution is 7.89. The summed E-state index contributed by atoms with van der Waals surface area (Å²) in [7, 11) is -3.70. The molecule has 0 aliphatic heterocycles. The Morgan fingerprint density at radius 1 is 0.964 bits per heavy atom. The van der Waals surface area contributed by atoms with Gasteiger partial charge in [-0.25, -0.2) is 13.1 Å². The van der Waals surface area contributed by atoms with E-state index in [9.17, 15) is 13.2 Å². The van der Waals surface area contributed by atoms with Crippen molar-refractivity contribution in [2.24, 2.45) is 0 Å². The Labute approximate surface area is 162 Å². The van der Waals surface area contributed by atoms with Crippen LogP contribution < -0.4 is 10.0 Å². The average molecular weight is 392 g/mol. The van der Waals surface area contributed by atoms with E-state index in [2.05, 4.69) is 15.0 Å². The molecule has 1 aromatic heterocycles. The average Bonchev–Trinajstić information content (AvgIpc) is 2.74. The van der Waals surface area contributed by atoms with Crippen molar-refractivity contribution < 1.29 is 13.2 Å². The summed E-state index contributed by atoms with van der Waals surface area (Å²) in [6.07, 6.45) is 3.18. The highest BCUT2D eigenvalue weighted by Crippen LogP contribution is 2.14. The Bertz CT molecular complexity index is 1100. The standard InChI is InChI=1S/C20H16N4O3S/c21-13-15-1-5-18(6-2-15)24-20(25)17-3-7-19(8-4-17)28(26,27)23-14-16-9-11-22-12-10-16/h1-12,23H,14H2,(H,24,25). The maximum atomic E-state index is 12.4. The number of nitrogens with one attached hydrogen (secondary N) is 2. The fourth-order valence-electron chi connectivity index (χ4n) is 2.38. The topological polar surface area (TPSA) is 112 Å². The summed E-state index contributed by atoms with van der Waals surface area (Å²) in [6, 6.07) is 17.5. The van der Waals surface area contributed by atoms with E-state index < -0.39 is 10.0 Å². The molecule has 2 N–H and O–H groups in total. The Morgan fingerprint density at radius 3 is 2.21 bits per heavy atom. The summed E-state index contributed by atoms with van der Waals surface area (Å²) in [5, 5.41) is 11.5.